The van der Waals surface area contributed by atoms with Gasteiger partial charge in [-0.25, -0.2) is 0 Å². The van der Waals surface area contributed by atoms with Crippen LogP contribution in [0.15, 0.2) is 30.3 Å². The van der Waals surface area contributed by atoms with Gasteiger partial charge >= 0.3 is 51.4 Å². The second kappa shape index (κ2) is 8.95. The van der Waals surface area contributed by atoms with Gasteiger partial charge in [-0.3, -0.25) is 4.98 Å². The summed E-state index contributed by atoms with van der Waals surface area (Å²) in [6.07, 6.45) is 0. The van der Waals surface area contributed by atoms with Crippen LogP contribution >= 0.6 is 11.6 Å². The van der Waals surface area contributed by atoms with Crippen molar-refractivity contribution in [3.8, 4) is 17.1 Å². The number of pyridine rings is 1. The molecule has 0 saturated carbocycles. The maximum absolute atomic E-state index is 11.4. The normalized spacial score (nSPS) is 9.05. The number of hydrogen-bond acceptors (Lipinski definition) is 3. The fraction of sp³-hybridized carbons (Fsp3) is 0.214. The summed E-state index contributed by atoms with van der Waals surface area (Å²) in [6.45, 7) is 5.99. The molecule has 96 valence electrons. The number of halogens is 1. The molecule has 0 unspecified atom stereocenters. The van der Waals surface area contributed by atoms with E-state index in [1.165, 1.54) is 0 Å². The van der Waals surface area contributed by atoms with E-state index in [0.717, 1.165) is 11.1 Å². The predicted octanol–water partition coefficient (Wildman–Crippen LogP) is 0.396. The topological polar surface area (TPSA) is 62.0 Å². The number of aryl methyl sites for hydroxylation is 1. The first-order chi connectivity index (χ1) is 8.58. The Labute approximate surface area is 161 Å². The minimum absolute atomic E-state index is 0. The Hall–Kier alpha value is -0.104. The van der Waals surface area contributed by atoms with Crippen molar-refractivity contribution in [2.75, 3.05) is 5.73 Å². The van der Waals surface area contributed by atoms with E-state index in [4.69, 9.17) is 17.3 Å². The Bertz CT molecular complexity index is 506. The van der Waals surface area contributed by atoms with Crippen LogP contribution in [0.4, 0.5) is 5.69 Å². The number of nitrogens with zero attached hydrogens (tertiary/aromatic N) is 1. The van der Waals surface area contributed by atoms with E-state index in [9.17, 15) is 5.11 Å². The van der Waals surface area contributed by atoms with Crippen molar-refractivity contribution >= 4 is 17.3 Å². The van der Waals surface area contributed by atoms with Gasteiger partial charge in [0.1, 0.15) is 0 Å². The third kappa shape index (κ3) is 5.06. The first kappa shape index (κ1) is 18.9. The molecule has 1 aromatic carbocycles. The summed E-state index contributed by atoms with van der Waals surface area (Å²) in [7, 11) is 0. The van der Waals surface area contributed by atoms with Gasteiger partial charge in [-0.2, -0.15) is 0 Å². The Kier molecular flexibility index (Phi) is 8.90. The molecule has 0 saturated heterocycles. The number of hydrogen-bond donors (Lipinski definition) is 1. The van der Waals surface area contributed by atoms with Gasteiger partial charge in [0.05, 0.1) is 16.4 Å². The van der Waals surface area contributed by atoms with Crippen LogP contribution in [0.5, 0.6) is 5.88 Å². The standard InChI is InChI=1S/C12H11ClN2O.C2H6.K/c1-7-2-4-8(5-3-7)10-6-9(14)11(13)12(16)15-10;1-2;/h2-6H,1H3,(H3,14,15,16);1-2H3;/q;;+1/p-1. The van der Waals surface area contributed by atoms with Crippen LogP contribution in [0, 0.1) is 6.92 Å². The molecule has 3 nitrogen and oxygen atoms in total. The molecular weight excluding hydrogens is 287 g/mol. The molecule has 0 radical (unpaired) electrons. The van der Waals surface area contributed by atoms with Crippen LogP contribution in [0.3, 0.4) is 0 Å². The van der Waals surface area contributed by atoms with E-state index >= 15 is 0 Å². The van der Waals surface area contributed by atoms with E-state index in [-0.39, 0.29) is 62.1 Å². The summed E-state index contributed by atoms with van der Waals surface area (Å²) in [4.78, 5) is 3.87. The number of anilines is 1. The molecule has 0 bridgehead atoms. The van der Waals surface area contributed by atoms with Crippen molar-refractivity contribution in [3.63, 3.8) is 0 Å². The van der Waals surface area contributed by atoms with Crippen LogP contribution in [-0.4, -0.2) is 4.98 Å². The molecule has 2 N–H and O–H groups in total. The van der Waals surface area contributed by atoms with Crippen molar-refractivity contribution in [2.45, 2.75) is 20.8 Å². The minimum Gasteiger partial charge on any atom is -0.858 e. The van der Waals surface area contributed by atoms with Crippen LogP contribution in [0.1, 0.15) is 19.4 Å². The van der Waals surface area contributed by atoms with Gasteiger partial charge in [0.25, 0.3) is 0 Å². The van der Waals surface area contributed by atoms with Gasteiger partial charge in [0, 0.05) is 11.4 Å². The molecule has 0 aliphatic heterocycles. The molecular formula is C14H16ClKN2O. The molecule has 0 atom stereocenters. The maximum atomic E-state index is 11.4. The molecule has 0 aliphatic rings. The molecule has 1 aromatic heterocycles. The second-order valence-electron chi connectivity index (χ2n) is 3.58. The zero-order valence-corrected chi connectivity index (χ0v) is 15.6. The van der Waals surface area contributed by atoms with Gasteiger partial charge in [0.2, 0.25) is 0 Å². The van der Waals surface area contributed by atoms with Gasteiger partial charge in [-0.15, -0.1) is 0 Å². The average molecular weight is 303 g/mol. The summed E-state index contributed by atoms with van der Waals surface area (Å²) in [5.41, 5.74) is 8.43. The quantitative estimate of drug-likeness (QED) is 0.776. The largest absolute Gasteiger partial charge is 1.00 e. The minimum atomic E-state index is -0.489. The third-order valence-electron chi connectivity index (χ3n) is 2.30. The first-order valence-electron chi connectivity index (χ1n) is 5.78. The van der Waals surface area contributed by atoms with Gasteiger partial charge in [-0.05, 0) is 13.0 Å². The van der Waals surface area contributed by atoms with Crippen LogP contribution in [0.25, 0.3) is 11.3 Å². The summed E-state index contributed by atoms with van der Waals surface area (Å²) < 4.78 is 0. The number of nitrogens with two attached hydrogens (primary N) is 1. The smallest absolute Gasteiger partial charge is 0.858 e. The monoisotopic (exact) mass is 302 g/mol. The number of rotatable bonds is 1. The van der Waals surface area contributed by atoms with Crippen molar-refractivity contribution in [2.24, 2.45) is 0 Å². The van der Waals surface area contributed by atoms with E-state index < -0.39 is 5.88 Å². The second-order valence-corrected chi connectivity index (χ2v) is 3.96. The molecule has 0 amide bonds. The van der Waals surface area contributed by atoms with Crippen molar-refractivity contribution < 1.29 is 56.5 Å². The Morgan fingerprint density at radius 1 is 1.16 bits per heavy atom. The maximum Gasteiger partial charge on any atom is 1.00 e. The van der Waals surface area contributed by atoms with Crippen molar-refractivity contribution in [1.82, 2.24) is 4.98 Å². The Morgan fingerprint density at radius 2 is 1.68 bits per heavy atom. The van der Waals surface area contributed by atoms with Gasteiger partial charge in [0.15, 0.2) is 0 Å². The molecule has 0 spiro atoms. The average Bonchev–Trinajstić information content (AvgIpc) is 2.38. The SMILES string of the molecule is CC.Cc1ccc(-c2cc(N)c(Cl)c([O-])n2)cc1.[K+]. The summed E-state index contributed by atoms with van der Waals surface area (Å²) in [5, 5.41) is 11.4. The third-order valence-corrected chi connectivity index (χ3v) is 2.68. The van der Waals surface area contributed by atoms with E-state index in [2.05, 4.69) is 4.98 Å². The molecule has 0 fully saturated rings. The molecule has 19 heavy (non-hydrogen) atoms. The predicted molar refractivity (Wildman–Crippen MR) is 74.6 cm³/mol. The van der Waals surface area contributed by atoms with Crippen molar-refractivity contribution in [1.29, 1.82) is 0 Å². The van der Waals surface area contributed by atoms with Gasteiger partial charge in [-0.1, -0.05) is 55.3 Å². The fourth-order valence-corrected chi connectivity index (χ4v) is 1.49. The van der Waals surface area contributed by atoms with Crippen LogP contribution in [0.2, 0.25) is 5.02 Å². The molecule has 2 rings (SSSR count). The van der Waals surface area contributed by atoms with E-state index in [0.29, 0.717) is 5.69 Å². The van der Waals surface area contributed by atoms with Crippen molar-refractivity contribution in [3.05, 3.63) is 40.9 Å². The summed E-state index contributed by atoms with van der Waals surface area (Å²) in [6, 6.07) is 9.29. The zero-order chi connectivity index (χ0) is 13.7. The number of benzene rings is 1. The molecule has 2 aromatic rings. The first-order valence-corrected chi connectivity index (χ1v) is 6.16. The summed E-state index contributed by atoms with van der Waals surface area (Å²) in [5.74, 6) is -0.489. The number of nitrogen functional groups attached to an aromatic ring is 1. The Morgan fingerprint density at radius 3 is 2.16 bits per heavy atom. The molecule has 5 heteroatoms. The zero-order valence-electron chi connectivity index (χ0n) is 11.7. The van der Waals surface area contributed by atoms with Crippen LogP contribution < -0.4 is 62.2 Å². The van der Waals surface area contributed by atoms with E-state index in [1.54, 1.807) is 6.07 Å². The number of aromatic nitrogens is 1. The summed E-state index contributed by atoms with van der Waals surface area (Å²) >= 11 is 5.66. The molecule has 0 aliphatic carbocycles. The van der Waals surface area contributed by atoms with E-state index in [1.807, 2.05) is 45.0 Å². The molecule has 1 heterocycles. The Balaban J connectivity index is 0.00000103. The fourth-order valence-electron chi connectivity index (χ4n) is 1.40. The van der Waals surface area contributed by atoms with Crippen LogP contribution in [-0.2, 0) is 0 Å². The van der Waals surface area contributed by atoms with Gasteiger partial charge < -0.3 is 10.8 Å².